The molecule has 0 saturated carbocycles. The summed E-state index contributed by atoms with van der Waals surface area (Å²) in [5.74, 6) is -0.757. The number of sulfonamides is 1. The predicted molar refractivity (Wildman–Crippen MR) is 88.7 cm³/mol. The number of rotatable bonds is 4. The third-order valence-corrected chi connectivity index (χ3v) is 6.74. The summed E-state index contributed by atoms with van der Waals surface area (Å²) in [4.78, 5) is 4.07. The third-order valence-electron chi connectivity index (χ3n) is 4.87. The van der Waals surface area contributed by atoms with Gasteiger partial charge in [0.05, 0.1) is 5.60 Å². The molecule has 2 aliphatic heterocycles. The second kappa shape index (κ2) is 6.68. The Hall–Kier alpha value is -1.06. The van der Waals surface area contributed by atoms with Crippen molar-refractivity contribution in [3.63, 3.8) is 0 Å². The SMILES string of the molecule is CN1CCN(CC2(O)CCN(S(=O)(=O)c3ccccc3F)C2)CC1. The second-order valence-corrected chi connectivity index (χ2v) is 8.73. The van der Waals surface area contributed by atoms with Gasteiger partial charge >= 0.3 is 0 Å². The lowest BCUT2D eigenvalue weighted by atomic mass is 10.0. The summed E-state index contributed by atoms with van der Waals surface area (Å²) >= 11 is 0. The van der Waals surface area contributed by atoms with Crippen LogP contribution in [-0.2, 0) is 10.0 Å². The maximum Gasteiger partial charge on any atom is 0.246 e. The average Bonchev–Trinajstić information content (AvgIpc) is 2.93. The Labute approximate surface area is 142 Å². The first-order chi connectivity index (χ1) is 11.3. The summed E-state index contributed by atoms with van der Waals surface area (Å²) < 4.78 is 40.3. The van der Waals surface area contributed by atoms with Crippen LogP contribution in [0.4, 0.5) is 4.39 Å². The van der Waals surface area contributed by atoms with Crippen molar-refractivity contribution < 1.29 is 17.9 Å². The molecule has 8 heteroatoms. The fraction of sp³-hybridized carbons (Fsp3) is 0.625. The Bertz CT molecular complexity index is 692. The van der Waals surface area contributed by atoms with Gasteiger partial charge in [-0.05, 0) is 25.6 Å². The van der Waals surface area contributed by atoms with E-state index in [0.717, 1.165) is 32.2 Å². The molecule has 2 saturated heterocycles. The predicted octanol–water partition coefficient (Wildman–Crippen LogP) is 0.199. The van der Waals surface area contributed by atoms with Gasteiger partial charge < -0.3 is 10.0 Å². The molecule has 2 aliphatic rings. The molecule has 134 valence electrons. The number of benzene rings is 1. The van der Waals surface area contributed by atoms with Crippen LogP contribution in [0.2, 0.25) is 0 Å². The Balaban J connectivity index is 1.69. The molecule has 2 heterocycles. The first-order valence-corrected chi connectivity index (χ1v) is 9.62. The molecule has 3 rings (SSSR count). The highest BCUT2D eigenvalue weighted by molar-refractivity contribution is 7.89. The van der Waals surface area contributed by atoms with Crippen LogP contribution in [0.15, 0.2) is 29.2 Å². The number of likely N-dealkylation sites (N-methyl/N-ethyl adjacent to an activating group) is 1. The summed E-state index contributed by atoms with van der Waals surface area (Å²) in [6, 6.07) is 5.37. The van der Waals surface area contributed by atoms with Crippen LogP contribution in [-0.4, -0.2) is 86.1 Å². The Kier molecular flexibility index (Phi) is 4.94. The van der Waals surface area contributed by atoms with E-state index in [1.165, 1.54) is 22.5 Å². The minimum atomic E-state index is -3.92. The molecule has 0 aliphatic carbocycles. The van der Waals surface area contributed by atoms with Gasteiger partial charge in [-0.15, -0.1) is 0 Å². The van der Waals surface area contributed by atoms with Gasteiger partial charge in [-0.2, -0.15) is 4.31 Å². The van der Waals surface area contributed by atoms with Crippen molar-refractivity contribution in [1.82, 2.24) is 14.1 Å². The molecule has 1 aromatic rings. The van der Waals surface area contributed by atoms with E-state index in [-0.39, 0.29) is 18.0 Å². The zero-order valence-corrected chi connectivity index (χ0v) is 14.7. The van der Waals surface area contributed by atoms with Crippen molar-refractivity contribution in [3.05, 3.63) is 30.1 Å². The van der Waals surface area contributed by atoms with Crippen molar-refractivity contribution in [2.75, 3.05) is 52.9 Å². The molecule has 0 amide bonds. The van der Waals surface area contributed by atoms with Gasteiger partial charge in [0.25, 0.3) is 0 Å². The first-order valence-electron chi connectivity index (χ1n) is 8.18. The van der Waals surface area contributed by atoms with Crippen LogP contribution in [0.5, 0.6) is 0 Å². The average molecular weight is 357 g/mol. The summed E-state index contributed by atoms with van der Waals surface area (Å²) in [6.07, 6.45) is 0.368. The van der Waals surface area contributed by atoms with Crippen LogP contribution in [0.1, 0.15) is 6.42 Å². The lowest BCUT2D eigenvalue weighted by Gasteiger charge is -2.36. The smallest absolute Gasteiger partial charge is 0.246 e. The summed E-state index contributed by atoms with van der Waals surface area (Å²) in [5.41, 5.74) is -1.08. The van der Waals surface area contributed by atoms with Crippen molar-refractivity contribution >= 4 is 10.0 Å². The highest BCUT2D eigenvalue weighted by Crippen LogP contribution is 2.29. The van der Waals surface area contributed by atoms with E-state index in [1.54, 1.807) is 0 Å². The normalized spacial score (nSPS) is 27.6. The second-order valence-electron chi connectivity index (χ2n) is 6.82. The minimum Gasteiger partial charge on any atom is -0.387 e. The highest BCUT2D eigenvalue weighted by atomic mass is 32.2. The number of halogens is 1. The Morgan fingerprint density at radius 2 is 1.83 bits per heavy atom. The van der Waals surface area contributed by atoms with E-state index < -0.39 is 21.4 Å². The standard InChI is InChI=1S/C16H24FN3O3S/c1-18-8-10-19(11-9-18)12-16(21)6-7-20(13-16)24(22,23)15-5-3-2-4-14(15)17/h2-5,21H,6-13H2,1H3. The third kappa shape index (κ3) is 3.62. The molecular weight excluding hydrogens is 333 g/mol. The van der Waals surface area contributed by atoms with Crippen LogP contribution >= 0.6 is 0 Å². The lowest BCUT2D eigenvalue weighted by Crippen LogP contribution is -2.52. The van der Waals surface area contributed by atoms with Crippen LogP contribution in [0, 0.1) is 5.82 Å². The van der Waals surface area contributed by atoms with E-state index in [1.807, 2.05) is 0 Å². The molecule has 2 fully saturated rings. The van der Waals surface area contributed by atoms with Crippen molar-refractivity contribution in [2.24, 2.45) is 0 Å². The Morgan fingerprint density at radius 1 is 1.17 bits per heavy atom. The topological polar surface area (TPSA) is 64.1 Å². The molecule has 1 aromatic carbocycles. The van der Waals surface area contributed by atoms with Gasteiger partial charge in [-0.1, -0.05) is 12.1 Å². The van der Waals surface area contributed by atoms with Gasteiger partial charge in [0, 0.05) is 45.8 Å². The quantitative estimate of drug-likeness (QED) is 0.834. The minimum absolute atomic E-state index is 0.00993. The molecule has 0 bridgehead atoms. The maximum atomic E-state index is 13.9. The molecule has 0 spiro atoms. The zero-order chi connectivity index (χ0) is 17.4. The number of aliphatic hydroxyl groups is 1. The molecule has 24 heavy (non-hydrogen) atoms. The largest absolute Gasteiger partial charge is 0.387 e. The number of β-amino-alcohol motifs (C(OH)–C–C–N with tert-alkyl or cyclic N) is 1. The Morgan fingerprint density at radius 3 is 2.50 bits per heavy atom. The fourth-order valence-electron chi connectivity index (χ4n) is 3.37. The van der Waals surface area contributed by atoms with Crippen LogP contribution in [0.3, 0.4) is 0 Å². The molecule has 1 N–H and O–H groups in total. The van der Waals surface area contributed by atoms with Crippen molar-refractivity contribution in [1.29, 1.82) is 0 Å². The summed E-state index contributed by atoms with van der Waals surface area (Å²) in [7, 11) is -1.86. The molecule has 1 unspecified atom stereocenters. The van der Waals surface area contributed by atoms with E-state index in [9.17, 15) is 17.9 Å². The van der Waals surface area contributed by atoms with Gasteiger partial charge in [0.1, 0.15) is 10.7 Å². The van der Waals surface area contributed by atoms with Gasteiger partial charge in [-0.25, -0.2) is 12.8 Å². The summed E-state index contributed by atoms with van der Waals surface area (Å²) in [6.45, 7) is 4.26. The van der Waals surface area contributed by atoms with E-state index in [2.05, 4.69) is 16.8 Å². The van der Waals surface area contributed by atoms with Gasteiger partial charge in [0.2, 0.25) is 10.0 Å². The highest BCUT2D eigenvalue weighted by Gasteiger charge is 2.43. The number of hydrogen-bond donors (Lipinski definition) is 1. The van der Waals surface area contributed by atoms with Crippen LogP contribution in [0.25, 0.3) is 0 Å². The monoisotopic (exact) mass is 357 g/mol. The maximum absolute atomic E-state index is 13.9. The van der Waals surface area contributed by atoms with Crippen LogP contribution < -0.4 is 0 Å². The van der Waals surface area contributed by atoms with Crippen molar-refractivity contribution in [3.8, 4) is 0 Å². The molecule has 0 aromatic heterocycles. The van der Waals surface area contributed by atoms with Gasteiger partial charge in [0.15, 0.2) is 0 Å². The summed E-state index contributed by atoms with van der Waals surface area (Å²) in [5, 5.41) is 10.8. The van der Waals surface area contributed by atoms with E-state index in [0.29, 0.717) is 13.0 Å². The molecule has 6 nitrogen and oxygen atoms in total. The number of hydrogen-bond acceptors (Lipinski definition) is 5. The first kappa shape index (κ1) is 17.8. The van der Waals surface area contributed by atoms with Gasteiger partial charge in [-0.3, -0.25) is 4.90 Å². The van der Waals surface area contributed by atoms with Crippen molar-refractivity contribution in [2.45, 2.75) is 16.9 Å². The number of piperazine rings is 1. The van der Waals surface area contributed by atoms with E-state index in [4.69, 9.17) is 0 Å². The number of nitrogens with zero attached hydrogens (tertiary/aromatic N) is 3. The fourth-order valence-corrected chi connectivity index (χ4v) is 4.95. The zero-order valence-electron chi connectivity index (χ0n) is 13.9. The molecule has 1 atom stereocenters. The van der Waals surface area contributed by atoms with E-state index >= 15 is 0 Å². The lowest BCUT2D eigenvalue weighted by molar-refractivity contribution is 0.00423. The molecule has 0 radical (unpaired) electrons. The molecular formula is C16H24FN3O3S.